The van der Waals surface area contributed by atoms with Gasteiger partial charge < -0.3 is 0 Å². The van der Waals surface area contributed by atoms with E-state index in [0.29, 0.717) is 16.4 Å². The SMILES string of the molecule is CCCn1nccc1C(=O)c1ccnc(Cl)c1. The Kier molecular flexibility index (Phi) is 3.54. The van der Waals surface area contributed by atoms with Gasteiger partial charge in [-0.25, -0.2) is 4.98 Å². The smallest absolute Gasteiger partial charge is 0.211 e. The lowest BCUT2D eigenvalue weighted by molar-refractivity contribution is 0.102. The monoisotopic (exact) mass is 249 g/mol. The lowest BCUT2D eigenvalue weighted by Crippen LogP contribution is -2.11. The Morgan fingerprint density at radius 1 is 1.41 bits per heavy atom. The van der Waals surface area contributed by atoms with Crippen molar-refractivity contribution in [3.8, 4) is 0 Å². The number of aryl methyl sites for hydroxylation is 1. The Balaban J connectivity index is 2.33. The number of rotatable bonds is 4. The zero-order valence-corrected chi connectivity index (χ0v) is 10.2. The van der Waals surface area contributed by atoms with Gasteiger partial charge in [0.05, 0.1) is 0 Å². The molecule has 0 saturated carbocycles. The van der Waals surface area contributed by atoms with Crippen molar-refractivity contribution < 1.29 is 4.79 Å². The Morgan fingerprint density at radius 3 is 2.94 bits per heavy atom. The lowest BCUT2D eigenvalue weighted by atomic mass is 10.1. The van der Waals surface area contributed by atoms with Crippen molar-refractivity contribution in [1.29, 1.82) is 0 Å². The Hall–Kier alpha value is -1.68. The molecule has 2 aromatic rings. The number of nitrogens with zero attached hydrogens (tertiary/aromatic N) is 3. The van der Waals surface area contributed by atoms with Gasteiger partial charge in [-0.1, -0.05) is 18.5 Å². The van der Waals surface area contributed by atoms with E-state index in [1.807, 2.05) is 6.92 Å². The maximum Gasteiger partial charge on any atom is 0.211 e. The van der Waals surface area contributed by atoms with Crippen LogP contribution in [0.15, 0.2) is 30.6 Å². The van der Waals surface area contributed by atoms with Gasteiger partial charge in [0.2, 0.25) is 5.78 Å². The topological polar surface area (TPSA) is 47.8 Å². The number of ketones is 1. The predicted molar refractivity (Wildman–Crippen MR) is 65.2 cm³/mol. The minimum absolute atomic E-state index is 0.0831. The van der Waals surface area contributed by atoms with E-state index in [1.54, 1.807) is 29.1 Å². The number of hydrogen-bond acceptors (Lipinski definition) is 3. The third kappa shape index (κ3) is 2.53. The minimum atomic E-state index is -0.0831. The summed E-state index contributed by atoms with van der Waals surface area (Å²) in [5, 5.41) is 4.44. The molecule has 0 spiro atoms. The molecular weight excluding hydrogens is 238 g/mol. The second-order valence-corrected chi connectivity index (χ2v) is 4.02. The highest BCUT2D eigenvalue weighted by Crippen LogP contribution is 2.13. The molecule has 0 radical (unpaired) electrons. The molecule has 0 saturated heterocycles. The third-order valence-corrected chi connectivity index (χ3v) is 2.58. The molecule has 0 amide bonds. The van der Waals surface area contributed by atoms with E-state index in [2.05, 4.69) is 10.1 Å². The van der Waals surface area contributed by atoms with Crippen molar-refractivity contribution >= 4 is 17.4 Å². The summed E-state index contributed by atoms with van der Waals surface area (Å²) in [6, 6.07) is 4.93. The van der Waals surface area contributed by atoms with Gasteiger partial charge in [-0.3, -0.25) is 9.48 Å². The molecule has 17 heavy (non-hydrogen) atoms. The van der Waals surface area contributed by atoms with E-state index in [0.717, 1.165) is 13.0 Å². The molecule has 88 valence electrons. The van der Waals surface area contributed by atoms with E-state index in [1.165, 1.54) is 6.20 Å². The predicted octanol–water partition coefficient (Wildman–Crippen LogP) is 2.57. The average Bonchev–Trinajstić information content (AvgIpc) is 2.77. The first kappa shape index (κ1) is 11.8. The van der Waals surface area contributed by atoms with Gasteiger partial charge in [-0.15, -0.1) is 0 Å². The zero-order valence-electron chi connectivity index (χ0n) is 9.43. The van der Waals surface area contributed by atoms with E-state index in [-0.39, 0.29) is 5.78 Å². The Labute approximate surface area is 104 Å². The first-order valence-electron chi connectivity index (χ1n) is 5.40. The van der Waals surface area contributed by atoms with Crippen LogP contribution in [0.25, 0.3) is 0 Å². The highest BCUT2D eigenvalue weighted by Gasteiger charge is 2.14. The molecule has 0 aromatic carbocycles. The van der Waals surface area contributed by atoms with Gasteiger partial charge in [-0.05, 0) is 24.6 Å². The maximum atomic E-state index is 12.2. The van der Waals surface area contributed by atoms with Crippen LogP contribution in [0.4, 0.5) is 0 Å². The van der Waals surface area contributed by atoms with E-state index < -0.39 is 0 Å². The quantitative estimate of drug-likeness (QED) is 0.618. The molecule has 2 aromatic heterocycles. The van der Waals surface area contributed by atoms with Crippen molar-refractivity contribution in [2.75, 3.05) is 0 Å². The Bertz CT molecular complexity index is 536. The second kappa shape index (κ2) is 5.10. The molecule has 0 fully saturated rings. The molecule has 0 atom stereocenters. The molecule has 2 heterocycles. The first-order chi connectivity index (χ1) is 8.22. The van der Waals surface area contributed by atoms with Crippen molar-refractivity contribution in [2.45, 2.75) is 19.9 Å². The van der Waals surface area contributed by atoms with Crippen LogP contribution >= 0.6 is 11.6 Å². The molecular formula is C12H12ClN3O. The van der Waals surface area contributed by atoms with Gasteiger partial charge in [0.1, 0.15) is 10.8 Å². The molecule has 0 unspecified atom stereocenters. The summed E-state index contributed by atoms with van der Waals surface area (Å²) in [6.07, 6.45) is 4.08. The highest BCUT2D eigenvalue weighted by molar-refractivity contribution is 6.29. The highest BCUT2D eigenvalue weighted by atomic mass is 35.5. The zero-order chi connectivity index (χ0) is 12.3. The van der Waals surface area contributed by atoms with Crippen molar-refractivity contribution in [2.24, 2.45) is 0 Å². The molecule has 0 N–H and O–H groups in total. The fourth-order valence-corrected chi connectivity index (χ4v) is 1.78. The molecule has 2 rings (SSSR count). The number of carbonyl (C=O) groups is 1. The largest absolute Gasteiger partial charge is 0.287 e. The number of carbonyl (C=O) groups excluding carboxylic acids is 1. The van der Waals surface area contributed by atoms with Crippen molar-refractivity contribution in [3.63, 3.8) is 0 Å². The number of halogens is 1. The van der Waals surface area contributed by atoms with Gasteiger partial charge in [0, 0.05) is 24.5 Å². The van der Waals surface area contributed by atoms with Crippen LogP contribution in [0.5, 0.6) is 0 Å². The average molecular weight is 250 g/mol. The molecule has 0 aliphatic heterocycles. The van der Waals surface area contributed by atoms with E-state index in [4.69, 9.17) is 11.6 Å². The van der Waals surface area contributed by atoms with Gasteiger partial charge in [0.15, 0.2) is 0 Å². The molecule has 0 bridgehead atoms. The lowest BCUT2D eigenvalue weighted by Gasteiger charge is -2.05. The van der Waals surface area contributed by atoms with Gasteiger partial charge >= 0.3 is 0 Å². The van der Waals surface area contributed by atoms with Crippen LogP contribution in [0.3, 0.4) is 0 Å². The summed E-state index contributed by atoms with van der Waals surface area (Å²) in [7, 11) is 0. The molecule has 4 nitrogen and oxygen atoms in total. The maximum absolute atomic E-state index is 12.2. The van der Waals surface area contributed by atoms with Gasteiger partial charge in [-0.2, -0.15) is 5.10 Å². The third-order valence-electron chi connectivity index (χ3n) is 2.37. The van der Waals surface area contributed by atoms with Crippen molar-refractivity contribution in [3.05, 3.63) is 47.0 Å². The fraction of sp³-hybridized carbons (Fsp3) is 0.250. The summed E-state index contributed by atoms with van der Waals surface area (Å²) in [5.74, 6) is -0.0831. The van der Waals surface area contributed by atoms with Crippen LogP contribution in [0.2, 0.25) is 5.15 Å². The summed E-state index contributed by atoms with van der Waals surface area (Å²) in [4.78, 5) is 16.1. The summed E-state index contributed by atoms with van der Waals surface area (Å²) >= 11 is 5.77. The first-order valence-corrected chi connectivity index (χ1v) is 5.78. The van der Waals surface area contributed by atoms with Gasteiger partial charge in [0.25, 0.3) is 0 Å². The number of aromatic nitrogens is 3. The summed E-state index contributed by atoms with van der Waals surface area (Å²) < 4.78 is 1.71. The van der Waals surface area contributed by atoms with E-state index in [9.17, 15) is 4.79 Å². The molecule has 0 aliphatic carbocycles. The summed E-state index contributed by atoms with van der Waals surface area (Å²) in [6.45, 7) is 2.77. The number of hydrogen-bond donors (Lipinski definition) is 0. The normalized spacial score (nSPS) is 10.5. The molecule has 0 aliphatic rings. The minimum Gasteiger partial charge on any atom is -0.287 e. The standard InChI is InChI=1S/C12H12ClN3O/c1-2-7-16-10(4-6-15-16)12(17)9-3-5-14-11(13)8-9/h3-6,8H,2,7H2,1H3. The second-order valence-electron chi connectivity index (χ2n) is 3.64. The van der Waals surface area contributed by atoms with Crippen LogP contribution in [-0.4, -0.2) is 20.5 Å². The summed E-state index contributed by atoms with van der Waals surface area (Å²) in [5.41, 5.74) is 1.11. The van der Waals surface area contributed by atoms with Crippen molar-refractivity contribution in [1.82, 2.24) is 14.8 Å². The number of pyridine rings is 1. The van der Waals surface area contributed by atoms with E-state index >= 15 is 0 Å². The van der Waals surface area contributed by atoms with Crippen LogP contribution < -0.4 is 0 Å². The van der Waals surface area contributed by atoms with Crippen LogP contribution in [0, 0.1) is 0 Å². The van der Waals surface area contributed by atoms with Crippen LogP contribution in [-0.2, 0) is 6.54 Å². The fourth-order valence-electron chi connectivity index (χ4n) is 1.61. The molecule has 5 heteroatoms. The Morgan fingerprint density at radius 2 is 2.24 bits per heavy atom. The van der Waals surface area contributed by atoms with Crippen LogP contribution in [0.1, 0.15) is 29.4 Å².